The molecule has 0 aliphatic carbocycles. The predicted octanol–water partition coefficient (Wildman–Crippen LogP) is 0.406. The zero-order chi connectivity index (χ0) is 10.1. The van der Waals surface area contributed by atoms with Crippen LogP contribution in [-0.2, 0) is 0 Å². The standard InChI is InChI=1S/C10H13NO3/c1-11-7-5-14-10-6(9(7)13)3-2-4-8(10)12/h2-4,7,9,11-13H,5H2,1H3. The lowest BCUT2D eigenvalue weighted by atomic mass is 9.99. The van der Waals surface area contributed by atoms with Crippen molar-refractivity contribution in [2.45, 2.75) is 12.1 Å². The van der Waals surface area contributed by atoms with E-state index in [0.717, 1.165) is 0 Å². The van der Waals surface area contributed by atoms with Crippen molar-refractivity contribution in [3.63, 3.8) is 0 Å². The molecule has 0 spiro atoms. The van der Waals surface area contributed by atoms with Gasteiger partial charge in [-0.05, 0) is 13.1 Å². The lowest BCUT2D eigenvalue weighted by molar-refractivity contribution is 0.0754. The monoisotopic (exact) mass is 195 g/mol. The van der Waals surface area contributed by atoms with Crippen molar-refractivity contribution in [3.05, 3.63) is 23.8 Å². The lowest BCUT2D eigenvalue weighted by Gasteiger charge is -2.30. The molecule has 0 radical (unpaired) electrons. The van der Waals surface area contributed by atoms with Crippen LogP contribution in [0.1, 0.15) is 11.7 Å². The molecule has 0 bridgehead atoms. The molecular formula is C10H13NO3. The molecule has 0 amide bonds. The van der Waals surface area contributed by atoms with Gasteiger partial charge in [-0.1, -0.05) is 12.1 Å². The number of benzene rings is 1. The molecule has 0 saturated heterocycles. The van der Waals surface area contributed by atoms with Crippen molar-refractivity contribution in [1.82, 2.24) is 5.32 Å². The highest BCUT2D eigenvalue weighted by Crippen LogP contribution is 2.38. The van der Waals surface area contributed by atoms with Crippen LogP contribution in [0.15, 0.2) is 18.2 Å². The van der Waals surface area contributed by atoms with Gasteiger partial charge < -0.3 is 20.3 Å². The summed E-state index contributed by atoms with van der Waals surface area (Å²) in [5.41, 5.74) is 0.635. The Balaban J connectivity index is 2.41. The summed E-state index contributed by atoms with van der Waals surface area (Å²) < 4.78 is 5.36. The van der Waals surface area contributed by atoms with Crippen molar-refractivity contribution < 1.29 is 14.9 Å². The molecule has 0 saturated carbocycles. The highest BCUT2D eigenvalue weighted by atomic mass is 16.5. The number of hydrogen-bond donors (Lipinski definition) is 3. The molecule has 1 aromatic carbocycles. The summed E-state index contributed by atoms with van der Waals surface area (Å²) in [4.78, 5) is 0. The molecule has 1 aliphatic rings. The molecule has 4 heteroatoms. The molecule has 1 aromatic rings. The number of phenols is 1. The second-order valence-electron chi connectivity index (χ2n) is 3.35. The lowest BCUT2D eigenvalue weighted by Crippen LogP contribution is -2.40. The molecule has 1 aliphatic heterocycles. The van der Waals surface area contributed by atoms with Crippen LogP contribution in [0.3, 0.4) is 0 Å². The van der Waals surface area contributed by atoms with Crippen LogP contribution in [0.2, 0.25) is 0 Å². The minimum atomic E-state index is -0.629. The number of phenolic OH excluding ortho intramolecular Hbond substituents is 1. The SMILES string of the molecule is CNC1COc2c(O)cccc2C1O. The minimum absolute atomic E-state index is 0.0797. The number of aromatic hydroxyl groups is 1. The summed E-state index contributed by atoms with van der Waals surface area (Å²) in [6, 6.07) is 4.87. The van der Waals surface area contributed by atoms with Gasteiger partial charge in [0.25, 0.3) is 0 Å². The number of para-hydroxylation sites is 1. The smallest absolute Gasteiger partial charge is 0.166 e. The highest BCUT2D eigenvalue weighted by molar-refractivity contribution is 5.48. The summed E-state index contributed by atoms with van der Waals surface area (Å²) >= 11 is 0. The first-order valence-electron chi connectivity index (χ1n) is 4.54. The molecule has 76 valence electrons. The molecule has 0 fully saturated rings. The van der Waals surface area contributed by atoms with E-state index in [1.165, 1.54) is 0 Å². The Morgan fingerprint density at radius 2 is 2.29 bits per heavy atom. The van der Waals surface area contributed by atoms with E-state index in [9.17, 15) is 10.2 Å². The van der Waals surface area contributed by atoms with Crippen molar-refractivity contribution in [3.8, 4) is 11.5 Å². The summed E-state index contributed by atoms with van der Waals surface area (Å²) in [6.07, 6.45) is -0.629. The van der Waals surface area contributed by atoms with Crippen LogP contribution in [0.5, 0.6) is 11.5 Å². The van der Waals surface area contributed by atoms with E-state index < -0.39 is 6.10 Å². The van der Waals surface area contributed by atoms with Crippen molar-refractivity contribution in [2.24, 2.45) is 0 Å². The molecule has 14 heavy (non-hydrogen) atoms. The van der Waals surface area contributed by atoms with Gasteiger partial charge in [-0.15, -0.1) is 0 Å². The fourth-order valence-electron chi connectivity index (χ4n) is 1.65. The maximum absolute atomic E-state index is 9.89. The zero-order valence-electron chi connectivity index (χ0n) is 7.90. The maximum Gasteiger partial charge on any atom is 0.166 e. The second kappa shape index (κ2) is 3.48. The fraction of sp³-hybridized carbons (Fsp3) is 0.400. The molecule has 3 N–H and O–H groups in total. The number of rotatable bonds is 1. The first-order chi connectivity index (χ1) is 6.74. The predicted molar refractivity (Wildman–Crippen MR) is 51.4 cm³/mol. The average molecular weight is 195 g/mol. The van der Waals surface area contributed by atoms with Crippen LogP contribution in [-0.4, -0.2) is 29.9 Å². The quantitative estimate of drug-likeness (QED) is 0.607. The summed E-state index contributed by atoms with van der Waals surface area (Å²) in [5, 5.41) is 22.3. The van der Waals surface area contributed by atoms with E-state index in [2.05, 4.69) is 5.32 Å². The summed E-state index contributed by atoms with van der Waals surface area (Å²) in [5.74, 6) is 0.475. The number of aliphatic hydroxyl groups excluding tert-OH is 1. The van der Waals surface area contributed by atoms with Crippen LogP contribution < -0.4 is 10.1 Å². The van der Waals surface area contributed by atoms with Crippen molar-refractivity contribution in [1.29, 1.82) is 0 Å². The van der Waals surface area contributed by atoms with E-state index in [0.29, 0.717) is 17.9 Å². The number of aliphatic hydroxyl groups is 1. The minimum Gasteiger partial charge on any atom is -0.504 e. The van der Waals surface area contributed by atoms with E-state index in [1.807, 2.05) is 0 Å². The summed E-state index contributed by atoms with van der Waals surface area (Å²) in [7, 11) is 1.77. The maximum atomic E-state index is 9.89. The van der Waals surface area contributed by atoms with Crippen LogP contribution in [0.4, 0.5) is 0 Å². The first-order valence-corrected chi connectivity index (χ1v) is 4.54. The molecular weight excluding hydrogens is 182 g/mol. The number of ether oxygens (including phenoxy) is 1. The van der Waals surface area contributed by atoms with Gasteiger partial charge in [0, 0.05) is 5.56 Å². The van der Waals surface area contributed by atoms with Gasteiger partial charge in [0.1, 0.15) is 12.7 Å². The van der Waals surface area contributed by atoms with Gasteiger partial charge in [0.2, 0.25) is 0 Å². The van der Waals surface area contributed by atoms with Gasteiger partial charge in [-0.25, -0.2) is 0 Å². The van der Waals surface area contributed by atoms with Crippen molar-refractivity contribution in [2.75, 3.05) is 13.7 Å². The number of likely N-dealkylation sites (N-methyl/N-ethyl adjacent to an activating group) is 1. The van der Waals surface area contributed by atoms with Gasteiger partial charge in [-0.3, -0.25) is 0 Å². The molecule has 0 aromatic heterocycles. The Bertz CT molecular complexity index is 340. The number of nitrogens with one attached hydrogen (secondary N) is 1. The largest absolute Gasteiger partial charge is 0.504 e. The number of hydrogen-bond acceptors (Lipinski definition) is 4. The molecule has 2 atom stereocenters. The van der Waals surface area contributed by atoms with Crippen LogP contribution in [0.25, 0.3) is 0 Å². The van der Waals surface area contributed by atoms with Gasteiger partial charge >= 0.3 is 0 Å². The fourth-order valence-corrected chi connectivity index (χ4v) is 1.65. The molecule has 2 rings (SSSR count). The van der Waals surface area contributed by atoms with E-state index in [1.54, 1.807) is 25.2 Å². The van der Waals surface area contributed by atoms with Gasteiger partial charge in [0.15, 0.2) is 11.5 Å². The zero-order valence-corrected chi connectivity index (χ0v) is 7.90. The molecule has 4 nitrogen and oxygen atoms in total. The Labute approximate surface area is 82.1 Å². The topological polar surface area (TPSA) is 61.7 Å². The third-order valence-corrected chi connectivity index (χ3v) is 2.50. The molecule has 1 heterocycles. The van der Waals surface area contributed by atoms with Crippen LogP contribution in [0, 0.1) is 0 Å². The summed E-state index contributed by atoms with van der Waals surface area (Å²) in [6.45, 7) is 0.363. The van der Waals surface area contributed by atoms with Crippen molar-refractivity contribution >= 4 is 0 Å². The molecule has 2 unspecified atom stereocenters. The van der Waals surface area contributed by atoms with E-state index in [4.69, 9.17) is 4.74 Å². The average Bonchev–Trinajstić information content (AvgIpc) is 2.20. The van der Waals surface area contributed by atoms with Gasteiger partial charge in [0.05, 0.1) is 6.04 Å². The normalized spacial score (nSPS) is 25.3. The Morgan fingerprint density at radius 3 is 3.00 bits per heavy atom. The Hall–Kier alpha value is -1.26. The van der Waals surface area contributed by atoms with E-state index in [-0.39, 0.29) is 11.8 Å². The van der Waals surface area contributed by atoms with Gasteiger partial charge in [-0.2, -0.15) is 0 Å². The third-order valence-electron chi connectivity index (χ3n) is 2.50. The number of fused-ring (bicyclic) bond motifs is 1. The Kier molecular flexibility index (Phi) is 2.31. The van der Waals surface area contributed by atoms with E-state index >= 15 is 0 Å². The Morgan fingerprint density at radius 1 is 1.50 bits per heavy atom. The second-order valence-corrected chi connectivity index (χ2v) is 3.35. The third kappa shape index (κ3) is 1.32. The first kappa shape index (κ1) is 9.30. The highest BCUT2D eigenvalue weighted by Gasteiger charge is 2.29. The van der Waals surface area contributed by atoms with Crippen LogP contribution >= 0.6 is 0 Å².